The molecule has 112 valence electrons. The van der Waals surface area contributed by atoms with Crippen molar-refractivity contribution >= 4 is 26.6 Å². The second kappa shape index (κ2) is 5.73. The molecule has 0 saturated carbocycles. The van der Waals surface area contributed by atoms with Gasteiger partial charge in [0.1, 0.15) is 5.82 Å². The first-order valence-electron chi connectivity index (χ1n) is 6.76. The smallest absolute Gasteiger partial charge is 0.175 e. The van der Waals surface area contributed by atoms with Crippen LogP contribution in [0.1, 0.15) is 5.56 Å². The Labute approximate surface area is 129 Å². The molecule has 0 fully saturated rings. The predicted molar refractivity (Wildman–Crippen MR) is 86.4 cm³/mol. The fourth-order valence-corrected chi connectivity index (χ4v) is 2.78. The minimum absolute atomic E-state index is 0.305. The maximum atomic E-state index is 11.6. The molecule has 2 heterocycles. The molecular weight excluding hydrogens is 298 g/mol. The van der Waals surface area contributed by atoms with Gasteiger partial charge in [0.2, 0.25) is 0 Å². The van der Waals surface area contributed by atoms with Crippen LogP contribution in [0.25, 0.3) is 10.9 Å². The molecule has 1 aromatic carbocycles. The maximum absolute atomic E-state index is 11.6. The van der Waals surface area contributed by atoms with Crippen molar-refractivity contribution in [1.82, 2.24) is 9.97 Å². The topological polar surface area (TPSA) is 72.0 Å². The Morgan fingerprint density at radius 3 is 2.55 bits per heavy atom. The quantitative estimate of drug-likeness (QED) is 0.801. The molecule has 3 aromatic rings. The molecule has 2 aromatic heterocycles. The van der Waals surface area contributed by atoms with E-state index in [0.29, 0.717) is 11.4 Å². The number of nitrogens with one attached hydrogen (secondary N) is 1. The average molecular weight is 313 g/mol. The van der Waals surface area contributed by atoms with Gasteiger partial charge >= 0.3 is 0 Å². The summed E-state index contributed by atoms with van der Waals surface area (Å²) in [6.07, 6.45) is 4.70. The molecule has 6 heteroatoms. The minimum Gasteiger partial charge on any atom is -0.366 e. The van der Waals surface area contributed by atoms with Gasteiger partial charge in [0.05, 0.1) is 10.4 Å². The number of aromatic nitrogens is 2. The summed E-state index contributed by atoms with van der Waals surface area (Å²) in [6.45, 7) is 0.655. The van der Waals surface area contributed by atoms with Crippen LogP contribution in [-0.2, 0) is 16.4 Å². The molecule has 0 atom stereocenters. The monoisotopic (exact) mass is 313 g/mol. The summed E-state index contributed by atoms with van der Waals surface area (Å²) in [5.41, 5.74) is 1.87. The zero-order chi connectivity index (χ0) is 15.6. The van der Waals surface area contributed by atoms with Crippen LogP contribution in [0.2, 0.25) is 0 Å². The molecule has 3 rings (SSSR count). The number of pyridine rings is 2. The summed E-state index contributed by atoms with van der Waals surface area (Å²) >= 11 is 0. The molecule has 0 aliphatic rings. The lowest BCUT2D eigenvalue weighted by molar-refractivity contribution is 0.602. The van der Waals surface area contributed by atoms with Gasteiger partial charge in [0.15, 0.2) is 9.84 Å². The van der Waals surface area contributed by atoms with Gasteiger partial charge in [-0.15, -0.1) is 0 Å². The fraction of sp³-hybridized carbons (Fsp3) is 0.125. The zero-order valence-corrected chi connectivity index (χ0v) is 12.8. The van der Waals surface area contributed by atoms with E-state index in [1.807, 2.05) is 24.3 Å². The van der Waals surface area contributed by atoms with Crippen LogP contribution >= 0.6 is 0 Å². The molecule has 0 amide bonds. The van der Waals surface area contributed by atoms with Crippen LogP contribution < -0.4 is 5.32 Å². The highest BCUT2D eigenvalue weighted by molar-refractivity contribution is 7.90. The Hall–Kier alpha value is -2.47. The maximum Gasteiger partial charge on any atom is 0.175 e. The van der Waals surface area contributed by atoms with Crippen molar-refractivity contribution in [2.45, 2.75) is 11.4 Å². The first-order valence-corrected chi connectivity index (χ1v) is 8.65. The van der Waals surface area contributed by atoms with Crippen LogP contribution in [0.15, 0.2) is 59.8 Å². The molecule has 22 heavy (non-hydrogen) atoms. The summed E-state index contributed by atoms with van der Waals surface area (Å²) < 4.78 is 23.1. The van der Waals surface area contributed by atoms with Crippen molar-refractivity contribution in [1.29, 1.82) is 0 Å². The highest BCUT2D eigenvalue weighted by Crippen LogP contribution is 2.20. The first kappa shape index (κ1) is 14.5. The number of hydrogen-bond acceptors (Lipinski definition) is 5. The Morgan fingerprint density at radius 2 is 1.82 bits per heavy atom. The summed E-state index contributed by atoms with van der Waals surface area (Å²) in [7, 11) is -3.20. The van der Waals surface area contributed by atoms with Crippen LogP contribution in [0.4, 0.5) is 5.82 Å². The van der Waals surface area contributed by atoms with Crippen LogP contribution in [0.5, 0.6) is 0 Å². The second-order valence-corrected chi connectivity index (χ2v) is 7.05. The normalized spacial score (nSPS) is 11.5. The number of hydrogen-bond donors (Lipinski definition) is 1. The molecule has 0 radical (unpaired) electrons. The first-order chi connectivity index (χ1) is 10.5. The van der Waals surface area contributed by atoms with E-state index >= 15 is 0 Å². The van der Waals surface area contributed by atoms with E-state index in [1.165, 1.54) is 6.26 Å². The van der Waals surface area contributed by atoms with E-state index in [1.54, 1.807) is 30.6 Å². The van der Waals surface area contributed by atoms with Crippen molar-refractivity contribution in [3.05, 3.63) is 60.4 Å². The van der Waals surface area contributed by atoms with E-state index < -0.39 is 9.84 Å². The van der Waals surface area contributed by atoms with Gasteiger partial charge < -0.3 is 5.32 Å². The molecule has 0 saturated heterocycles. The Bertz CT molecular complexity index is 909. The molecule has 1 N–H and O–H groups in total. The van der Waals surface area contributed by atoms with Gasteiger partial charge in [-0.05, 0) is 48.0 Å². The molecular formula is C16H15N3O2S. The SMILES string of the molecule is CS(=O)(=O)c1ccc2nc(NCc3ccncc3)ccc2c1. The largest absolute Gasteiger partial charge is 0.366 e. The number of nitrogens with zero attached hydrogens (tertiary/aromatic N) is 2. The van der Waals surface area contributed by atoms with Crippen LogP contribution in [-0.4, -0.2) is 24.6 Å². The molecule has 0 aliphatic heterocycles. The molecule has 0 bridgehead atoms. The Balaban J connectivity index is 1.84. The van der Waals surface area contributed by atoms with E-state index in [2.05, 4.69) is 15.3 Å². The molecule has 5 nitrogen and oxygen atoms in total. The van der Waals surface area contributed by atoms with E-state index in [0.717, 1.165) is 22.3 Å². The lowest BCUT2D eigenvalue weighted by Gasteiger charge is -2.07. The van der Waals surface area contributed by atoms with Crippen molar-refractivity contribution in [2.75, 3.05) is 11.6 Å². The Kier molecular flexibility index (Phi) is 3.77. The van der Waals surface area contributed by atoms with Gasteiger partial charge in [-0.2, -0.15) is 0 Å². The van der Waals surface area contributed by atoms with E-state index in [9.17, 15) is 8.42 Å². The standard InChI is InChI=1S/C16H15N3O2S/c1-22(20,21)14-3-4-15-13(10-14)2-5-16(19-15)18-11-12-6-8-17-9-7-12/h2-10H,11H2,1H3,(H,18,19). The van der Waals surface area contributed by atoms with Crippen LogP contribution in [0.3, 0.4) is 0 Å². The third-order valence-corrected chi connectivity index (χ3v) is 4.42. The van der Waals surface area contributed by atoms with Crippen LogP contribution in [0, 0.1) is 0 Å². The number of benzene rings is 1. The fourth-order valence-electron chi connectivity index (χ4n) is 2.13. The third-order valence-electron chi connectivity index (χ3n) is 3.31. The van der Waals surface area contributed by atoms with Crippen molar-refractivity contribution in [2.24, 2.45) is 0 Å². The number of anilines is 1. The van der Waals surface area contributed by atoms with Crippen molar-refractivity contribution in [3.63, 3.8) is 0 Å². The van der Waals surface area contributed by atoms with Crippen molar-refractivity contribution < 1.29 is 8.42 Å². The zero-order valence-electron chi connectivity index (χ0n) is 12.0. The average Bonchev–Trinajstić information content (AvgIpc) is 2.52. The molecule has 0 unspecified atom stereocenters. The van der Waals surface area contributed by atoms with E-state index in [-0.39, 0.29) is 0 Å². The number of sulfone groups is 1. The van der Waals surface area contributed by atoms with Gasteiger partial charge in [-0.1, -0.05) is 0 Å². The number of rotatable bonds is 4. The molecule has 0 spiro atoms. The Morgan fingerprint density at radius 1 is 1.05 bits per heavy atom. The predicted octanol–water partition coefficient (Wildman–Crippen LogP) is 2.65. The lowest BCUT2D eigenvalue weighted by atomic mass is 10.2. The lowest BCUT2D eigenvalue weighted by Crippen LogP contribution is -2.01. The molecule has 0 aliphatic carbocycles. The van der Waals surface area contributed by atoms with Gasteiger partial charge in [-0.25, -0.2) is 13.4 Å². The minimum atomic E-state index is -3.20. The highest BCUT2D eigenvalue weighted by atomic mass is 32.2. The summed E-state index contributed by atoms with van der Waals surface area (Å²) in [4.78, 5) is 8.77. The van der Waals surface area contributed by atoms with Gasteiger partial charge in [0.25, 0.3) is 0 Å². The summed E-state index contributed by atoms with van der Waals surface area (Å²) in [5.74, 6) is 0.747. The highest BCUT2D eigenvalue weighted by Gasteiger charge is 2.08. The van der Waals surface area contributed by atoms with Gasteiger partial charge in [-0.3, -0.25) is 4.98 Å². The second-order valence-electron chi connectivity index (χ2n) is 5.03. The summed E-state index contributed by atoms with van der Waals surface area (Å²) in [6, 6.07) is 12.5. The van der Waals surface area contributed by atoms with E-state index in [4.69, 9.17) is 0 Å². The van der Waals surface area contributed by atoms with Crippen molar-refractivity contribution in [3.8, 4) is 0 Å². The third kappa shape index (κ3) is 3.23. The summed E-state index contributed by atoms with van der Waals surface area (Å²) in [5, 5.41) is 4.04. The van der Waals surface area contributed by atoms with Gasteiger partial charge in [0, 0.05) is 30.6 Å². The number of fused-ring (bicyclic) bond motifs is 1.